The number of thiophene rings is 1. The van der Waals surface area contributed by atoms with E-state index in [-0.39, 0.29) is 5.56 Å². The number of anilines is 1. The predicted octanol–water partition coefficient (Wildman–Crippen LogP) is 2.81. The summed E-state index contributed by atoms with van der Waals surface area (Å²) in [6.45, 7) is 6.44. The van der Waals surface area contributed by atoms with Crippen LogP contribution in [-0.4, -0.2) is 40.1 Å². The van der Waals surface area contributed by atoms with Crippen LogP contribution >= 0.6 is 22.7 Å². The van der Waals surface area contributed by atoms with Gasteiger partial charge in [-0.2, -0.15) is 4.52 Å². The normalized spacial score (nSPS) is 11.0. The van der Waals surface area contributed by atoms with E-state index >= 15 is 0 Å². The highest BCUT2D eigenvalue weighted by Gasteiger charge is 2.18. The van der Waals surface area contributed by atoms with Crippen LogP contribution in [0.25, 0.3) is 4.96 Å². The summed E-state index contributed by atoms with van der Waals surface area (Å²) in [6.07, 6.45) is 4.08. The highest BCUT2D eigenvalue weighted by Crippen LogP contribution is 2.21. The van der Waals surface area contributed by atoms with Crippen LogP contribution in [0.2, 0.25) is 0 Å². The summed E-state index contributed by atoms with van der Waals surface area (Å²) in [5.41, 5.74) is -0.405. The average molecular weight is 406 g/mol. The zero-order chi connectivity index (χ0) is 19.2. The molecule has 3 aromatic rings. The molecule has 0 fully saturated rings. The molecule has 144 valence electrons. The second-order valence-corrected chi connectivity index (χ2v) is 8.10. The lowest BCUT2D eigenvalue weighted by Gasteiger charge is -2.19. The maximum absolute atomic E-state index is 12.7. The summed E-state index contributed by atoms with van der Waals surface area (Å²) in [4.78, 5) is 33.2. The molecular weight excluding hydrogens is 382 g/mol. The summed E-state index contributed by atoms with van der Waals surface area (Å²) in [5, 5.41) is 9.98. The molecule has 0 atom stereocenters. The largest absolute Gasteiger partial charge is 0.351 e. The smallest absolute Gasteiger partial charge is 0.288 e. The fraction of sp³-hybridized carbons (Fsp3) is 0.444. The summed E-state index contributed by atoms with van der Waals surface area (Å²) >= 11 is 3.02. The Balaban J connectivity index is 1.77. The van der Waals surface area contributed by atoms with E-state index in [0.29, 0.717) is 11.5 Å². The molecule has 0 bridgehead atoms. The molecule has 0 aromatic carbocycles. The third-order valence-corrected chi connectivity index (χ3v) is 5.93. The first-order chi connectivity index (χ1) is 13.1. The van der Waals surface area contributed by atoms with Gasteiger partial charge in [0.05, 0.1) is 0 Å². The van der Waals surface area contributed by atoms with Gasteiger partial charge in [-0.25, -0.2) is 4.98 Å². The number of nitrogens with zero attached hydrogens (tertiary/aromatic N) is 4. The van der Waals surface area contributed by atoms with Crippen LogP contribution < -0.4 is 15.8 Å². The Kier molecular flexibility index (Phi) is 6.57. The van der Waals surface area contributed by atoms with Crippen LogP contribution in [-0.2, 0) is 6.42 Å². The molecule has 1 amide bonds. The van der Waals surface area contributed by atoms with Crippen molar-refractivity contribution in [2.45, 2.75) is 33.1 Å². The Hall–Kier alpha value is -2.26. The highest BCUT2D eigenvalue weighted by atomic mass is 32.1. The van der Waals surface area contributed by atoms with E-state index in [0.717, 1.165) is 37.5 Å². The van der Waals surface area contributed by atoms with E-state index in [2.05, 4.69) is 34.1 Å². The fourth-order valence-corrected chi connectivity index (χ4v) is 4.37. The van der Waals surface area contributed by atoms with Crippen molar-refractivity contribution in [1.82, 2.24) is 19.9 Å². The molecule has 0 unspecified atom stereocenters. The molecule has 3 heterocycles. The second-order valence-electron chi connectivity index (χ2n) is 6.13. The highest BCUT2D eigenvalue weighted by molar-refractivity contribution is 7.20. The minimum absolute atomic E-state index is 0.0214. The van der Waals surface area contributed by atoms with Crippen molar-refractivity contribution in [3.05, 3.63) is 44.5 Å². The van der Waals surface area contributed by atoms with Crippen molar-refractivity contribution < 1.29 is 4.79 Å². The van der Waals surface area contributed by atoms with Gasteiger partial charge in [-0.3, -0.25) is 9.59 Å². The monoisotopic (exact) mass is 405 g/mol. The molecule has 0 aliphatic carbocycles. The van der Waals surface area contributed by atoms with Gasteiger partial charge in [0, 0.05) is 30.7 Å². The van der Waals surface area contributed by atoms with Gasteiger partial charge in [0.25, 0.3) is 11.5 Å². The van der Waals surface area contributed by atoms with Gasteiger partial charge in [-0.1, -0.05) is 31.3 Å². The number of rotatable bonds is 9. The summed E-state index contributed by atoms with van der Waals surface area (Å²) in [6, 6.07) is 4.00. The van der Waals surface area contributed by atoms with Gasteiger partial charge in [0.1, 0.15) is 5.56 Å². The van der Waals surface area contributed by atoms with Crippen molar-refractivity contribution in [2.75, 3.05) is 24.5 Å². The second kappa shape index (κ2) is 9.09. The molecule has 0 aliphatic rings. The molecular formula is C18H23N5O2S2. The van der Waals surface area contributed by atoms with Crippen LogP contribution in [0.4, 0.5) is 5.13 Å². The first kappa shape index (κ1) is 19.5. The fourth-order valence-electron chi connectivity index (χ4n) is 2.75. The summed E-state index contributed by atoms with van der Waals surface area (Å²) in [7, 11) is 0. The van der Waals surface area contributed by atoms with E-state index in [1.165, 1.54) is 26.9 Å². The number of aromatic nitrogens is 3. The summed E-state index contributed by atoms with van der Waals surface area (Å²) in [5.74, 6) is -0.410. The minimum atomic E-state index is -0.427. The van der Waals surface area contributed by atoms with Crippen LogP contribution in [0.1, 0.15) is 41.9 Å². The Morgan fingerprint density at radius 2 is 2.07 bits per heavy atom. The average Bonchev–Trinajstić information content (AvgIpc) is 3.31. The number of fused-ring (bicyclic) bond motifs is 1. The van der Waals surface area contributed by atoms with Gasteiger partial charge < -0.3 is 10.2 Å². The van der Waals surface area contributed by atoms with E-state index < -0.39 is 11.5 Å². The maximum atomic E-state index is 12.7. The van der Waals surface area contributed by atoms with Crippen LogP contribution in [0.5, 0.6) is 0 Å². The number of carbonyl (C=O) groups excluding carboxylic acids is 1. The van der Waals surface area contributed by atoms with Crippen molar-refractivity contribution in [3.8, 4) is 0 Å². The maximum Gasteiger partial charge on any atom is 0.288 e. The van der Waals surface area contributed by atoms with Crippen molar-refractivity contribution in [1.29, 1.82) is 0 Å². The topological polar surface area (TPSA) is 79.6 Å². The lowest BCUT2D eigenvalue weighted by atomic mass is 10.3. The van der Waals surface area contributed by atoms with Crippen molar-refractivity contribution >= 4 is 38.7 Å². The summed E-state index contributed by atoms with van der Waals surface area (Å²) < 4.78 is 1.24. The van der Waals surface area contributed by atoms with Gasteiger partial charge in [0.2, 0.25) is 10.1 Å². The quantitative estimate of drug-likeness (QED) is 0.592. The molecule has 9 heteroatoms. The molecule has 27 heavy (non-hydrogen) atoms. The third-order valence-electron chi connectivity index (χ3n) is 4.02. The third kappa shape index (κ3) is 4.54. The SMILES string of the molecule is CCCN(CCC)c1nn2c(=O)c(C(=O)NCCc3cccs3)cnc2s1. The number of hydrogen-bond donors (Lipinski definition) is 1. The Labute approximate surface area is 165 Å². The van der Waals surface area contributed by atoms with E-state index in [9.17, 15) is 9.59 Å². The van der Waals surface area contributed by atoms with Gasteiger partial charge in [-0.05, 0) is 30.7 Å². The van der Waals surface area contributed by atoms with Crippen molar-refractivity contribution in [3.63, 3.8) is 0 Å². The molecule has 1 N–H and O–H groups in total. The van der Waals surface area contributed by atoms with Crippen LogP contribution in [0.15, 0.2) is 28.5 Å². The molecule has 0 spiro atoms. The molecule has 0 aliphatic heterocycles. The zero-order valence-electron chi connectivity index (χ0n) is 15.5. The Bertz CT molecular complexity index is 942. The zero-order valence-corrected chi connectivity index (χ0v) is 17.1. The molecule has 0 saturated heterocycles. The number of carbonyl (C=O) groups is 1. The lowest BCUT2D eigenvalue weighted by molar-refractivity contribution is 0.0952. The van der Waals surface area contributed by atoms with Crippen LogP contribution in [0, 0.1) is 0 Å². The van der Waals surface area contributed by atoms with E-state index in [4.69, 9.17) is 0 Å². The van der Waals surface area contributed by atoms with Gasteiger partial charge >= 0.3 is 0 Å². The molecule has 3 rings (SSSR count). The van der Waals surface area contributed by atoms with Gasteiger partial charge in [0.15, 0.2) is 0 Å². The first-order valence-corrected chi connectivity index (χ1v) is 10.8. The predicted molar refractivity (Wildman–Crippen MR) is 110 cm³/mol. The lowest BCUT2D eigenvalue weighted by Crippen LogP contribution is -2.33. The standard InChI is InChI=1S/C18H23N5O2S2/c1-3-9-22(10-4-2)18-21-23-16(25)14(12-20-17(23)27-18)15(24)19-8-7-13-6-5-11-26-13/h5-6,11-12H,3-4,7-10H2,1-2H3,(H,19,24). The molecule has 7 nitrogen and oxygen atoms in total. The first-order valence-electron chi connectivity index (χ1n) is 9.08. The molecule has 0 radical (unpaired) electrons. The van der Waals surface area contributed by atoms with Crippen LogP contribution in [0.3, 0.4) is 0 Å². The van der Waals surface area contributed by atoms with E-state index in [1.807, 2.05) is 17.5 Å². The number of nitrogens with one attached hydrogen (secondary N) is 1. The van der Waals surface area contributed by atoms with Gasteiger partial charge in [-0.15, -0.1) is 16.4 Å². The number of amides is 1. The van der Waals surface area contributed by atoms with Crippen molar-refractivity contribution in [2.24, 2.45) is 0 Å². The Morgan fingerprint density at radius 1 is 1.30 bits per heavy atom. The van der Waals surface area contributed by atoms with E-state index in [1.54, 1.807) is 11.3 Å². The number of hydrogen-bond acceptors (Lipinski definition) is 7. The molecule has 0 saturated carbocycles. The molecule has 3 aromatic heterocycles. The Morgan fingerprint density at radius 3 is 2.74 bits per heavy atom. The minimum Gasteiger partial charge on any atom is -0.351 e.